The van der Waals surface area contributed by atoms with E-state index >= 15 is 0 Å². The summed E-state index contributed by atoms with van der Waals surface area (Å²) in [5, 5.41) is 1.66. The molecular weight excluding hydrogens is 652 g/mol. The van der Waals surface area contributed by atoms with Gasteiger partial charge >= 0.3 is 208 Å². The Kier molecular flexibility index (Phi) is 6.65. The summed E-state index contributed by atoms with van der Waals surface area (Å²) in [5.41, 5.74) is 7.13. The molecule has 0 radical (unpaired) electrons. The number of nitrogens with zero attached hydrogens (tertiary/aromatic N) is 8. The summed E-state index contributed by atoms with van der Waals surface area (Å²) in [6.45, 7) is 1.95. The van der Waals surface area contributed by atoms with E-state index in [2.05, 4.69) is 20.6 Å². The molecule has 0 atom stereocenters. The van der Waals surface area contributed by atoms with E-state index in [0.717, 1.165) is 62.0 Å². The molecular formula is C37H22N9OZn-. The molecule has 2 aliphatic heterocycles. The maximum absolute atomic E-state index is 6.60. The first-order valence-corrected chi connectivity index (χ1v) is 17.0. The van der Waals surface area contributed by atoms with E-state index in [4.69, 9.17) is 34.7 Å². The van der Waals surface area contributed by atoms with Gasteiger partial charge < -0.3 is 4.84 Å². The molecule has 0 saturated heterocycles. The fourth-order valence-electron chi connectivity index (χ4n) is 5.91. The zero-order valence-electron chi connectivity index (χ0n) is 25.6. The van der Waals surface area contributed by atoms with Crippen LogP contribution in [0.3, 0.4) is 0 Å². The molecule has 2 aliphatic rings. The van der Waals surface area contributed by atoms with Crippen LogP contribution in [-0.2, 0) is 17.9 Å². The van der Waals surface area contributed by atoms with Gasteiger partial charge in [0, 0.05) is 17.1 Å². The molecule has 0 aliphatic carbocycles. The predicted molar refractivity (Wildman–Crippen MR) is 181 cm³/mol. The first kappa shape index (κ1) is 28.2. The number of allylic oxidation sites excluding steroid dienone is 1. The molecule has 0 saturated carbocycles. The second kappa shape index (κ2) is 11.3. The van der Waals surface area contributed by atoms with E-state index < -0.39 is 0 Å². The Bertz CT molecular complexity index is 2660. The molecule has 48 heavy (non-hydrogen) atoms. The number of rotatable bonds is 4. The van der Waals surface area contributed by atoms with E-state index in [1.165, 1.54) is 0 Å². The Balaban J connectivity index is 1.48. The number of fused-ring (bicyclic) bond motifs is 17. The fraction of sp³-hybridized carbons (Fsp3) is 0.0270. The molecule has 0 fully saturated rings. The van der Waals surface area contributed by atoms with E-state index in [1.807, 2.05) is 104 Å². The number of hydrogen-bond acceptors (Lipinski definition) is 8. The zero-order valence-corrected chi connectivity index (χ0v) is 28.6. The Morgan fingerprint density at radius 3 is 1.83 bits per heavy atom. The molecule has 7 aromatic rings. The third kappa shape index (κ3) is 4.67. The molecule has 0 spiro atoms. The van der Waals surface area contributed by atoms with Crippen LogP contribution < -0.4 is 4.84 Å². The van der Waals surface area contributed by atoms with Gasteiger partial charge in [-0.1, -0.05) is 30.3 Å². The van der Waals surface area contributed by atoms with E-state index in [-0.39, 0.29) is 0 Å². The third-order valence-corrected chi connectivity index (χ3v) is 8.75. The van der Waals surface area contributed by atoms with Gasteiger partial charge in [-0.05, 0) is 13.0 Å². The van der Waals surface area contributed by atoms with Crippen LogP contribution in [0, 0.1) is 13.0 Å². The molecule has 1 N–H and O–H groups in total. The minimum absolute atomic E-state index is 0.427. The molecule has 11 heteroatoms. The van der Waals surface area contributed by atoms with Gasteiger partial charge in [-0.2, -0.15) is 0 Å². The van der Waals surface area contributed by atoms with E-state index in [1.54, 1.807) is 10.9 Å². The summed E-state index contributed by atoms with van der Waals surface area (Å²) in [6.07, 6.45) is 5.66. The first-order valence-electron chi connectivity index (χ1n) is 15.3. The first-order chi connectivity index (χ1) is 23.6. The van der Waals surface area contributed by atoms with Crippen molar-refractivity contribution >= 4 is 44.0 Å². The Morgan fingerprint density at radius 2 is 1.25 bits per heavy atom. The summed E-state index contributed by atoms with van der Waals surface area (Å²) >= 11 is 1.03. The van der Waals surface area contributed by atoms with Gasteiger partial charge in [0.1, 0.15) is 0 Å². The van der Waals surface area contributed by atoms with Crippen molar-refractivity contribution in [1.82, 2.24) is 44.6 Å². The number of aromatic nitrogens is 9. The second-order valence-corrected chi connectivity index (χ2v) is 12.2. The van der Waals surface area contributed by atoms with Crippen molar-refractivity contribution in [2.45, 2.75) is 6.92 Å². The van der Waals surface area contributed by atoms with Crippen molar-refractivity contribution in [1.29, 1.82) is 0 Å². The number of pyridine rings is 1. The number of aryl methyl sites for hydroxylation is 1. The van der Waals surface area contributed by atoms with Crippen molar-refractivity contribution in [3.8, 4) is 51.4 Å². The molecule has 0 unspecified atom stereocenters. The van der Waals surface area contributed by atoms with Crippen molar-refractivity contribution in [2.24, 2.45) is 0 Å². The average molecular weight is 674 g/mol. The van der Waals surface area contributed by atoms with Crippen LogP contribution >= 0.6 is 0 Å². The quantitative estimate of drug-likeness (QED) is 0.158. The Hall–Kier alpha value is -6.06. The van der Waals surface area contributed by atoms with E-state index in [0.29, 0.717) is 51.8 Å². The van der Waals surface area contributed by atoms with Gasteiger partial charge in [-0.15, -0.1) is 0 Å². The van der Waals surface area contributed by atoms with Gasteiger partial charge in [0.15, 0.2) is 0 Å². The summed E-state index contributed by atoms with van der Waals surface area (Å²) in [5.74, 6) is 2.46. The normalized spacial score (nSPS) is 11.9. The van der Waals surface area contributed by atoms with Crippen molar-refractivity contribution in [2.75, 3.05) is 0 Å². The van der Waals surface area contributed by atoms with Gasteiger partial charge in [-0.25, -0.2) is 4.98 Å². The van der Waals surface area contributed by atoms with Gasteiger partial charge in [0.05, 0.1) is 0 Å². The van der Waals surface area contributed by atoms with Crippen LogP contribution in [0.4, 0.5) is 0 Å². The zero-order chi connectivity index (χ0) is 32.2. The topological polar surface area (TPSA) is 120 Å². The molecule has 10 nitrogen and oxygen atoms in total. The molecule has 4 aromatic heterocycles. The summed E-state index contributed by atoms with van der Waals surface area (Å²) in [4.78, 5) is 44.7. The van der Waals surface area contributed by atoms with Gasteiger partial charge in [0.2, 0.25) is 5.88 Å². The van der Waals surface area contributed by atoms with Crippen molar-refractivity contribution < 1.29 is 22.7 Å². The van der Waals surface area contributed by atoms with Crippen LogP contribution in [0.1, 0.15) is 11.1 Å². The molecule has 6 heterocycles. The second-order valence-electron chi connectivity index (χ2n) is 11.2. The molecule has 8 bridgehead atoms. The van der Waals surface area contributed by atoms with Crippen LogP contribution in [0.5, 0.6) is 5.88 Å². The van der Waals surface area contributed by atoms with Crippen molar-refractivity contribution in [3.63, 3.8) is 0 Å². The summed E-state index contributed by atoms with van der Waals surface area (Å²) in [6, 6.07) is 31.0. The standard InChI is InChI=1S/C37H22N9O.Zn/c1-3-11-22-20-29-39-30(22)41-32-24-14-5-7-16-26(24)34(43-32)45-36-28-18-9-8-17-27(28)35(46(36)47-37-21(2)12-10-19-38-37)44-33-25-15-6-4-13-23(25)31(40-29)42-33;/h1,3-19H,2H3,(H,39,40,41,42,43,44,45);/q-1;/b11-3-;. The predicted octanol–water partition coefficient (Wildman–Crippen LogP) is 6.90. The monoisotopic (exact) mass is 672 g/mol. The Morgan fingerprint density at radius 1 is 0.688 bits per heavy atom. The van der Waals surface area contributed by atoms with Gasteiger partial charge in [0.25, 0.3) is 0 Å². The number of nitrogens with one attached hydrogen (secondary N) is 1. The summed E-state index contributed by atoms with van der Waals surface area (Å²) < 4.78 is 3.70. The number of benzene rings is 3. The third-order valence-electron chi connectivity index (χ3n) is 8.18. The van der Waals surface area contributed by atoms with Gasteiger partial charge in [-0.3, -0.25) is 0 Å². The van der Waals surface area contributed by atoms with Crippen LogP contribution in [-0.4, -0.2) is 49.2 Å². The molecule has 3 aromatic carbocycles. The SMILES string of the molecule is Cc1cccnc1On1c2nc3nc(nc4[c-]c(/C=C\[CH]=[Zn])c(nc5nc(nc1c1ccccc12)-c1ccccc1-5)[nH]4)-c1ccccc1-3. The van der Waals surface area contributed by atoms with Crippen LogP contribution in [0.15, 0.2) is 97.2 Å². The molecule has 224 valence electrons. The number of H-pyrrole nitrogens is 1. The number of aromatic amines is 1. The molecule has 9 rings (SSSR count). The fourth-order valence-corrected chi connectivity index (χ4v) is 6.20. The van der Waals surface area contributed by atoms with Crippen LogP contribution in [0.2, 0.25) is 0 Å². The van der Waals surface area contributed by atoms with Crippen molar-refractivity contribution in [3.05, 3.63) is 114 Å². The number of hydrogen-bond donors (Lipinski definition) is 1. The minimum atomic E-state index is 0.427. The maximum atomic E-state index is 6.60. The summed E-state index contributed by atoms with van der Waals surface area (Å²) in [7, 11) is 0. The molecule has 0 amide bonds. The van der Waals surface area contributed by atoms with Crippen LogP contribution in [0.25, 0.3) is 85.0 Å². The Labute approximate surface area is 283 Å². The average Bonchev–Trinajstić information content (AvgIpc) is 3.84. The van der Waals surface area contributed by atoms with E-state index in [9.17, 15) is 0 Å².